The van der Waals surface area contributed by atoms with Crippen molar-refractivity contribution in [1.29, 1.82) is 0 Å². The molecular weight excluding hydrogens is 272 g/mol. The van der Waals surface area contributed by atoms with Crippen molar-refractivity contribution in [2.45, 2.75) is 6.92 Å². The lowest BCUT2D eigenvalue weighted by Crippen LogP contribution is -2.00. The largest absolute Gasteiger partial charge is 0.275 e. The lowest BCUT2D eigenvalue weighted by molar-refractivity contribution is 1.02. The summed E-state index contributed by atoms with van der Waals surface area (Å²) < 4.78 is 2.05. The lowest BCUT2D eigenvalue weighted by Gasteiger charge is -2.07. The van der Waals surface area contributed by atoms with E-state index in [-0.39, 0.29) is 0 Å². The zero-order valence-electron chi connectivity index (χ0n) is 12.1. The summed E-state index contributed by atoms with van der Waals surface area (Å²) in [5.74, 6) is 1.65. The number of nitrogens with zero attached hydrogens (tertiary/aromatic N) is 4. The van der Waals surface area contributed by atoms with Crippen molar-refractivity contribution in [2.24, 2.45) is 0 Å². The molecule has 22 heavy (non-hydrogen) atoms. The van der Waals surface area contributed by atoms with E-state index < -0.39 is 0 Å². The molecular formula is C18H14N4. The Labute approximate surface area is 128 Å². The second-order valence-electron chi connectivity index (χ2n) is 5.17. The Morgan fingerprint density at radius 2 is 1.68 bits per heavy atom. The topological polar surface area (TPSA) is 43.6 Å². The van der Waals surface area contributed by atoms with Crippen LogP contribution >= 0.6 is 0 Å². The number of imidazole rings is 1. The molecule has 0 saturated heterocycles. The fourth-order valence-corrected chi connectivity index (χ4v) is 2.58. The number of hydrogen-bond acceptors (Lipinski definition) is 3. The molecule has 0 unspecified atom stereocenters. The molecule has 0 atom stereocenters. The molecule has 4 rings (SSSR count). The zero-order chi connectivity index (χ0) is 14.9. The molecule has 0 aliphatic heterocycles. The highest BCUT2D eigenvalue weighted by Gasteiger charge is 2.15. The van der Waals surface area contributed by atoms with Crippen LogP contribution in [0.25, 0.3) is 28.4 Å². The number of pyridine rings is 2. The molecule has 0 radical (unpaired) electrons. The van der Waals surface area contributed by atoms with E-state index in [9.17, 15) is 0 Å². The molecule has 4 aromatic rings. The molecule has 0 fully saturated rings. The highest BCUT2D eigenvalue weighted by atomic mass is 15.1. The van der Waals surface area contributed by atoms with Gasteiger partial charge in [0.1, 0.15) is 11.5 Å². The van der Waals surface area contributed by atoms with Crippen molar-refractivity contribution in [3.05, 3.63) is 72.6 Å². The van der Waals surface area contributed by atoms with Crippen LogP contribution in [-0.4, -0.2) is 19.5 Å². The molecule has 1 aromatic carbocycles. The highest BCUT2D eigenvalue weighted by molar-refractivity contribution is 5.82. The van der Waals surface area contributed by atoms with Crippen LogP contribution in [0.15, 0.2) is 67.0 Å². The van der Waals surface area contributed by atoms with E-state index in [1.54, 1.807) is 12.4 Å². The molecule has 0 aliphatic carbocycles. The standard InChI is InChI=1S/C18H14N4/c1-13-8-9-16-15(12-13)21-18(14-6-2-4-10-19-14)22(16)17-7-3-5-11-20-17/h2-12H,1H3. The Hall–Kier alpha value is -3.01. The minimum absolute atomic E-state index is 0.805. The first-order valence-electron chi connectivity index (χ1n) is 7.15. The average molecular weight is 286 g/mol. The molecule has 0 spiro atoms. The monoisotopic (exact) mass is 286 g/mol. The first-order valence-corrected chi connectivity index (χ1v) is 7.15. The van der Waals surface area contributed by atoms with Gasteiger partial charge in [0.15, 0.2) is 5.82 Å². The number of rotatable bonds is 2. The number of benzene rings is 1. The molecule has 4 heteroatoms. The molecule has 0 aliphatic rings. The first kappa shape index (κ1) is 12.7. The van der Waals surface area contributed by atoms with Crippen molar-refractivity contribution in [1.82, 2.24) is 19.5 Å². The van der Waals surface area contributed by atoms with E-state index in [0.29, 0.717) is 0 Å². The Bertz CT molecular complexity index is 927. The zero-order valence-corrected chi connectivity index (χ0v) is 12.1. The first-order chi connectivity index (χ1) is 10.8. The third-order valence-corrected chi connectivity index (χ3v) is 3.58. The van der Waals surface area contributed by atoms with E-state index in [4.69, 9.17) is 4.98 Å². The summed E-state index contributed by atoms with van der Waals surface area (Å²) >= 11 is 0. The summed E-state index contributed by atoms with van der Waals surface area (Å²) in [6, 6.07) is 18.0. The van der Waals surface area contributed by atoms with Gasteiger partial charge in [-0.25, -0.2) is 9.97 Å². The van der Waals surface area contributed by atoms with Gasteiger partial charge in [-0.05, 0) is 48.9 Å². The molecule has 106 valence electrons. The third-order valence-electron chi connectivity index (χ3n) is 3.58. The van der Waals surface area contributed by atoms with Gasteiger partial charge in [0.25, 0.3) is 0 Å². The lowest BCUT2D eigenvalue weighted by atomic mass is 10.2. The van der Waals surface area contributed by atoms with Crippen molar-refractivity contribution < 1.29 is 0 Å². The predicted octanol–water partition coefficient (Wildman–Crippen LogP) is 3.79. The van der Waals surface area contributed by atoms with Gasteiger partial charge in [-0.1, -0.05) is 18.2 Å². The van der Waals surface area contributed by atoms with Crippen LogP contribution in [0.2, 0.25) is 0 Å². The Morgan fingerprint density at radius 3 is 2.41 bits per heavy atom. The minimum Gasteiger partial charge on any atom is -0.275 e. The highest BCUT2D eigenvalue weighted by Crippen LogP contribution is 2.27. The second kappa shape index (κ2) is 5.07. The van der Waals surface area contributed by atoms with Gasteiger partial charge in [-0.2, -0.15) is 0 Å². The summed E-state index contributed by atoms with van der Waals surface area (Å²) in [5.41, 5.74) is 4.00. The number of fused-ring (bicyclic) bond motifs is 1. The van der Waals surface area contributed by atoms with E-state index in [2.05, 4.69) is 39.7 Å². The number of hydrogen-bond donors (Lipinski definition) is 0. The summed E-state index contributed by atoms with van der Waals surface area (Å²) in [6.45, 7) is 2.07. The smallest absolute Gasteiger partial charge is 0.165 e. The van der Waals surface area contributed by atoms with Crippen molar-refractivity contribution in [2.75, 3.05) is 0 Å². The van der Waals surface area contributed by atoms with Crippen LogP contribution < -0.4 is 0 Å². The number of aryl methyl sites for hydroxylation is 1. The van der Waals surface area contributed by atoms with Crippen molar-refractivity contribution >= 4 is 11.0 Å². The third kappa shape index (κ3) is 2.05. The second-order valence-corrected chi connectivity index (χ2v) is 5.17. The van der Waals surface area contributed by atoms with Gasteiger partial charge in [-0.15, -0.1) is 0 Å². The summed E-state index contributed by atoms with van der Waals surface area (Å²) in [7, 11) is 0. The molecule has 4 nitrogen and oxygen atoms in total. The van der Waals surface area contributed by atoms with Crippen LogP contribution in [0.3, 0.4) is 0 Å². The fourth-order valence-electron chi connectivity index (χ4n) is 2.58. The predicted molar refractivity (Wildman–Crippen MR) is 86.8 cm³/mol. The summed E-state index contributed by atoms with van der Waals surface area (Å²) in [6.07, 6.45) is 3.57. The number of aromatic nitrogens is 4. The summed E-state index contributed by atoms with van der Waals surface area (Å²) in [5, 5.41) is 0. The van der Waals surface area contributed by atoms with Gasteiger partial charge in [-0.3, -0.25) is 9.55 Å². The van der Waals surface area contributed by atoms with Gasteiger partial charge in [0, 0.05) is 12.4 Å². The van der Waals surface area contributed by atoms with Gasteiger partial charge in [0.2, 0.25) is 0 Å². The van der Waals surface area contributed by atoms with Crippen molar-refractivity contribution in [3.8, 4) is 17.3 Å². The van der Waals surface area contributed by atoms with Crippen LogP contribution in [0.5, 0.6) is 0 Å². The average Bonchev–Trinajstić information content (AvgIpc) is 2.95. The van der Waals surface area contributed by atoms with Crippen molar-refractivity contribution in [3.63, 3.8) is 0 Å². The molecule has 0 N–H and O–H groups in total. The van der Waals surface area contributed by atoms with Crippen LogP contribution in [-0.2, 0) is 0 Å². The normalized spacial score (nSPS) is 11.0. The Balaban J connectivity index is 2.07. The maximum atomic E-state index is 4.78. The van der Waals surface area contributed by atoms with Gasteiger partial charge >= 0.3 is 0 Å². The molecule has 3 aromatic heterocycles. The van der Waals surface area contributed by atoms with E-state index in [1.807, 2.05) is 36.4 Å². The molecule has 3 heterocycles. The van der Waals surface area contributed by atoms with Gasteiger partial charge < -0.3 is 0 Å². The molecule has 0 bridgehead atoms. The van der Waals surface area contributed by atoms with Crippen LogP contribution in [0, 0.1) is 6.92 Å². The van der Waals surface area contributed by atoms with Gasteiger partial charge in [0.05, 0.1) is 11.0 Å². The Kier molecular flexibility index (Phi) is 2.93. The quantitative estimate of drug-likeness (QED) is 0.563. The summed E-state index contributed by atoms with van der Waals surface area (Å²) in [4.78, 5) is 13.7. The van der Waals surface area contributed by atoms with Crippen LogP contribution in [0.1, 0.15) is 5.56 Å². The van der Waals surface area contributed by atoms with E-state index in [1.165, 1.54) is 5.56 Å². The van der Waals surface area contributed by atoms with Crippen LogP contribution in [0.4, 0.5) is 0 Å². The molecule has 0 amide bonds. The molecule has 0 saturated carbocycles. The van der Waals surface area contributed by atoms with E-state index in [0.717, 1.165) is 28.4 Å². The van der Waals surface area contributed by atoms with E-state index >= 15 is 0 Å². The minimum atomic E-state index is 0.805. The Morgan fingerprint density at radius 1 is 0.864 bits per heavy atom. The maximum absolute atomic E-state index is 4.78. The SMILES string of the molecule is Cc1ccc2c(c1)nc(-c1ccccn1)n2-c1ccccn1. The fraction of sp³-hybridized carbons (Fsp3) is 0.0556. The maximum Gasteiger partial charge on any atom is 0.165 e.